The second-order valence-corrected chi connectivity index (χ2v) is 4.42. The van der Waals surface area contributed by atoms with E-state index >= 15 is 0 Å². The Hall–Kier alpha value is -1.55. The Morgan fingerprint density at radius 2 is 1.83 bits per heavy atom. The van der Waals surface area contributed by atoms with Crippen LogP contribution in [-0.2, 0) is 9.53 Å². The third kappa shape index (κ3) is 4.75. The molecule has 1 aromatic carbocycles. The van der Waals surface area contributed by atoms with E-state index in [0.717, 1.165) is 5.75 Å². The van der Waals surface area contributed by atoms with Gasteiger partial charge in [-0.05, 0) is 37.1 Å². The minimum Gasteiger partial charge on any atom is -0.492 e. The first-order valence-corrected chi connectivity index (χ1v) is 5.97. The molecule has 0 spiro atoms. The van der Waals surface area contributed by atoms with Crippen molar-refractivity contribution >= 4 is 5.91 Å². The second kappa shape index (κ2) is 7.01. The van der Waals surface area contributed by atoms with Gasteiger partial charge < -0.3 is 14.4 Å². The van der Waals surface area contributed by atoms with E-state index in [1.165, 1.54) is 18.2 Å². The highest BCUT2D eigenvalue weighted by Crippen LogP contribution is 2.15. The van der Waals surface area contributed by atoms with Gasteiger partial charge in [-0.3, -0.25) is 4.79 Å². The van der Waals surface area contributed by atoms with Crippen LogP contribution in [0.25, 0.3) is 0 Å². The van der Waals surface area contributed by atoms with Crippen molar-refractivity contribution in [2.45, 2.75) is 13.8 Å². The molecule has 0 aliphatic carbocycles. The molecule has 1 rings (SSSR count). The standard InChI is InChI=1S/C14H21NO3/c1-11-7-12(2)9-13(8-11)18-6-5-15(3)14(16)10-17-4/h7-9H,5-6,10H2,1-4H3. The average Bonchev–Trinajstić information content (AvgIpc) is 2.27. The van der Waals surface area contributed by atoms with Crippen LogP contribution in [-0.4, -0.2) is 44.7 Å². The van der Waals surface area contributed by atoms with Crippen molar-refractivity contribution in [2.24, 2.45) is 0 Å². The van der Waals surface area contributed by atoms with Crippen molar-refractivity contribution in [3.8, 4) is 5.75 Å². The number of carbonyl (C=O) groups is 1. The molecule has 0 heterocycles. The van der Waals surface area contributed by atoms with Crippen LogP contribution in [0.5, 0.6) is 5.75 Å². The lowest BCUT2D eigenvalue weighted by Crippen LogP contribution is -2.33. The number of methoxy groups -OCH3 is 1. The zero-order valence-electron chi connectivity index (χ0n) is 11.5. The average molecular weight is 251 g/mol. The van der Waals surface area contributed by atoms with E-state index in [2.05, 4.69) is 6.07 Å². The molecule has 0 fully saturated rings. The number of likely N-dealkylation sites (N-methyl/N-ethyl adjacent to an activating group) is 1. The molecule has 0 aliphatic heterocycles. The molecule has 0 aromatic heterocycles. The van der Waals surface area contributed by atoms with E-state index in [4.69, 9.17) is 9.47 Å². The predicted molar refractivity (Wildman–Crippen MR) is 70.9 cm³/mol. The third-order valence-corrected chi connectivity index (χ3v) is 2.58. The van der Waals surface area contributed by atoms with E-state index in [9.17, 15) is 4.79 Å². The van der Waals surface area contributed by atoms with Crippen LogP contribution in [0.3, 0.4) is 0 Å². The molecular formula is C14H21NO3. The third-order valence-electron chi connectivity index (χ3n) is 2.58. The number of nitrogens with zero attached hydrogens (tertiary/aromatic N) is 1. The molecule has 0 unspecified atom stereocenters. The van der Waals surface area contributed by atoms with Crippen LogP contribution in [0.1, 0.15) is 11.1 Å². The first-order valence-electron chi connectivity index (χ1n) is 5.97. The van der Waals surface area contributed by atoms with Gasteiger partial charge in [0, 0.05) is 14.2 Å². The maximum absolute atomic E-state index is 11.4. The van der Waals surface area contributed by atoms with Crippen molar-refractivity contribution in [3.05, 3.63) is 29.3 Å². The smallest absolute Gasteiger partial charge is 0.248 e. The van der Waals surface area contributed by atoms with Crippen molar-refractivity contribution in [2.75, 3.05) is 33.9 Å². The first-order chi connectivity index (χ1) is 8.52. The molecule has 1 amide bonds. The molecule has 0 N–H and O–H groups in total. The number of hydrogen-bond donors (Lipinski definition) is 0. The Kier molecular flexibility index (Phi) is 5.65. The summed E-state index contributed by atoms with van der Waals surface area (Å²) in [5.74, 6) is 0.807. The second-order valence-electron chi connectivity index (χ2n) is 4.42. The van der Waals surface area contributed by atoms with Crippen LogP contribution in [0.4, 0.5) is 0 Å². The Labute approximate surface area is 108 Å². The molecule has 0 radical (unpaired) electrons. The van der Waals surface area contributed by atoms with E-state index in [0.29, 0.717) is 13.2 Å². The molecule has 18 heavy (non-hydrogen) atoms. The molecule has 100 valence electrons. The van der Waals surface area contributed by atoms with Gasteiger partial charge in [0.15, 0.2) is 0 Å². The summed E-state index contributed by atoms with van der Waals surface area (Å²) in [6, 6.07) is 6.08. The molecule has 0 bridgehead atoms. The highest BCUT2D eigenvalue weighted by atomic mass is 16.5. The number of rotatable bonds is 6. The van der Waals surface area contributed by atoms with Crippen molar-refractivity contribution in [3.63, 3.8) is 0 Å². The van der Waals surface area contributed by atoms with E-state index in [1.54, 1.807) is 11.9 Å². The highest BCUT2D eigenvalue weighted by Gasteiger charge is 2.07. The monoisotopic (exact) mass is 251 g/mol. The lowest BCUT2D eigenvalue weighted by Gasteiger charge is -2.17. The van der Waals surface area contributed by atoms with Crippen molar-refractivity contribution < 1.29 is 14.3 Å². The fourth-order valence-electron chi connectivity index (χ4n) is 1.68. The van der Waals surface area contributed by atoms with E-state index in [1.807, 2.05) is 26.0 Å². The van der Waals surface area contributed by atoms with Crippen LogP contribution in [0.2, 0.25) is 0 Å². The van der Waals surface area contributed by atoms with Gasteiger partial charge in [0.2, 0.25) is 5.91 Å². The Morgan fingerprint density at radius 3 is 2.39 bits per heavy atom. The summed E-state index contributed by atoms with van der Waals surface area (Å²) < 4.78 is 10.4. The summed E-state index contributed by atoms with van der Waals surface area (Å²) in [5.41, 5.74) is 2.35. The molecule has 4 nitrogen and oxygen atoms in total. The summed E-state index contributed by atoms with van der Waals surface area (Å²) in [6.07, 6.45) is 0. The number of benzene rings is 1. The molecule has 1 aromatic rings. The quantitative estimate of drug-likeness (QED) is 0.773. The fourth-order valence-corrected chi connectivity index (χ4v) is 1.68. The minimum absolute atomic E-state index is 0.0403. The number of ether oxygens (including phenoxy) is 2. The molecule has 0 saturated heterocycles. The molecule has 4 heteroatoms. The largest absolute Gasteiger partial charge is 0.492 e. The Balaban J connectivity index is 2.39. The van der Waals surface area contributed by atoms with Gasteiger partial charge in [0.1, 0.15) is 19.0 Å². The lowest BCUT2D eigenvalue weighted by molar-refractivity contribution is -0.134. The molecule has 0 aliphatic rings. The van der Waals surface area contributed by atoms with Crippen LogP contribution in [0.15, 0.2) is 18.2 Å². The predicted octanol–water partition coefficient (Wildman–Crippen LogP) is 1.79. The zero-order valence-corrected chi connectivity index (χ0v) is 11.5. The topological polar surface area (TPSA) is 38.8 Å². The van der Waals surface area contributed by atoms with Gasteiger partial charge >= 0.3 is 0 Å². The minimum atomic E-state index is -0.0403. The SMILES string of the molecule is COCC(=O)N(C)CCOc1cc(C)cc(C)c1. The summed E-state index contributed by atoms with van der Waals surface area (Å²) in [5, 5.41) is 0. The lowest BCUT2D eigenvalue weighted by atomic mass is 10.1. The van der Waals surface area contributed by atoms with Gasteiger partial charge in [-0.1, -0.05) is 6.07 Å². The zero-order chi connectivity index (χ0) is 13.5. The van der Waals surface area contributed by atoms with Crippen LogP contribution in [0, 0.1) is 13.8 Å². The van der Waals surface area contributed by atoms with Gasteiger partial charge in [0.25, 0.3) is 0 Å². The number of carbonyl (C=O) groups excluding carboxylic acids is 1. The Bertz CT molecular complexity index is 384. The van der Waals surface area contributed by atoms with Gasteiger partial charge in [-0.25, -0.2) is 0 Å². The van der Waals surface area contributed by atoms with Gasteiger partial charge in [-0.15, -0.1) is 0 Å². The Morgan fingerprint density at radius 1 is 1.22 bits per heavy atom. The number of hydrogen-bond acceptors (Lipinski definition) is 3. The summed E-state index contributed by atoms with van der Waals surface area (Å²) in [7, 11) is 3.25. The summed E-state index contributed by atoms with van der Waals surface area (Å²) in [4.78, 5) is 13.0. The van der Waals surface area contributed by atoms with E-state index in [-0.39, 0.29) is 12.5 Å². The fraction of sp³-hybridized carbons (Fsp3) is 0.500. The maximum atomic E-state index is 11.4. The van der Waals surface area contributed by atoms with Crippen molar-refractivity contribution in [1.29, 1.82) is 0 Å². The van der Waals surface area contributed by atoms with Crippen LogP contribution >= 0.6 is 0 Å². The summed E-state index contributed by atoms with van der Waals surface area (Å²) >= 11 is 0. The van der Waals surface area contributed by atoms with Gasteiger partial charge in [0.05, 0.1) is 6.54 Å². The molecular weight excluding hydrogens is 230 g/mol. The molecule has 0 atom stereocenters. The van der Waals surface area contributed by atoms with Gasteiger partial charge in [-0.2, -0.15) is 0 Å². The number of amides is 1. The normalized spacial score (nSPS) is 10.2. The van der Waals surface area contributed by atoms with Crippen molar-refractivity contribution in [1.82, 2.24) is 4.90 Å². The number of aryl methyl sites for hydroxylation is 2. The summed E-state index contributed by atoms with van der Waals surface area (Å²) in [6.45, 7) is 5.21. The maximum Gasteiger partial charge on any atom is 0.248 e. The van der Waals surface area contributed by atoms with E-state index < -0.39 is 0 Å². The molecule has 0 saturated carbocycles. The highest BCUT2D eigenvalue weighted by molar-refractivity contribution is 5.77. The van der Waals surface area contributed by atoms with Crippen LogP contribution < -0.4 is 4.74 Å². The first kappa shape index (κ1) is 14.5.